The molecular formula is C15H20ClNO2. The highest BCUT2D eigenvalue weighted by Gasteiger charge is 2.19. The molecule has 4 heteroatoms. The van der Waals surface area contributed by atoms with Crippen LogP contribution in [0.25, 0.3) is 0 Å². The van der Waals surface area contributed by atoms with Gasteiger partial charge in [-0.05, 0) is 56.0 Å². The molecule has 0 amide bonds. The third-order valence-corrected chi connectivity index (χ3v) is 4.00. The van der Waals surface area contributed by atoms with Crippen LogP contribution in [0.5, 0.6) is 0 Å². The first-order chi connectivity index (χ1) is 9.13. The molecule has 2 rings (SSSR count). The minimum absolute atomic E-state index is 0.305. The van der Waals surface area contributed by atoms with Gasteiger partial charge in [0.25, 0.3) is 0 Å². The fourth-order valence-corrected chi connectivity index (χ4v) is 2.87. The lowest BCUT2D eigenvalue weighted by Gasteiger charge is -2.31. The van der Waals surface area contributed by atoms with Crippen molar-refractivity contribution >= 4 is 17.6 Å². The van der Waals surface area contributed by atoms with Crippen LogP contribution in [0.1, 0.15) is 31.2 Å². The number of piperidine rings is 1. The number of carbonyl (C=O) groups is 1. The van der Waals surface area contributed by atoms with E-state index in [-0.39, 0.29) is 0 Å². The van der Waals surface area contributed by atoms with Crippen LogP contribution in [0.15, 0.2) is 24.3 Å². The molecule has 0 unspecified atom stereocenters. The van der Waals surface area contributed by atoms with E-state index < -0.39 is 5.97 Å². The van der Waals surface area contributed by atoms with Crippen molar-refractivity contribution in [2.24, 2.45) is 5.92 Å². The van der Waals surface area contributed by atoms with Gasteiger partial charge < -0.3 is 5.11 Å². The Labute approximate surface area is 119 Å². The third-order valence-electron chi connectivity index (χ3n) is 3.77. The molecule has 1 aromatic rings. The van der Waals surface area contributed by atoms with Crippen molar-refractivity contribution in [2.45, 2.75) is 32.2 Å². The van der Waals surface area contributed by atoms with Gasteiger partial charge in [0.05, 0.1) is 0 Å². The smallest absolute Gasteiger partial charge is 0.303 e. The van der Waals surface area contributed by atoms with Gasteiger partial charge in [-0.15, -0.1) is 0 Å². The van der Waals surface area contributed by atoms with Gasteiger partial charge in [0, 0.05) is 18.0 Å². The van der Waals surface area contributed by atoms with Gasteiger partial charge >= 0.3 is 5.97 Å². The lowest BCUT2D eigenvalue weighted by Crippen LogP contribution is -2.33. The maximum Gasteiger partial charge on any atom is 0.303 e. The Kier molecular flexibility index (Phi) is 5.23. The Hall–Kier alpha value is -1.06. The molecule has 104 valence electrons. The van der Waals surface area contributed by atoms with Crippen LogP contribution in [0.2, 0.25) is 5.02 Å². The molecule has 1 N–H and O–H groups in total. The molecule has 0 bridgehead atoms. The van der Waals surface area contributed by atoms with Gasteiger partial charge in [0.1, 0.15) is 0 Å². The van der Waals surface area contributed by atoms with Gasteiger partial charge in [-0.1, -0.05) is 23.7 Å². The van der Waals surface area contributed by atoms with Gasteiger partial charge in [-0.2, -0.15) is 0 Å². The van der Waals surface area contributed by atoms with E-state index in [4.69, 9.17) is 16.7 Å². The highest BCUT2D eigenvalue weighted by molar-refractivity contribution is 6.30. The van der Waals surface area contributed by atoms with Crippen LogP contribution in [-0.2, 0) is 11.3 Å². The van der Waals surface area contributed by atoms with Gasteiger partial charge in [0.15, 0.2) is 0 Å². The van der Waals surface area contributed by atoms with E-state index in [1.165, 1.54) is 5.56 Å². The highest BCUT2D eigenvalue weighted by atomic mass is 35.5. The molecule has 0 aromatic heterocycles. The van der Waals surface area contributed by atoms with Crippen molar-refractivity contribution in [2.75, 3.05) is 13.1 Å². The molecule has 0 atom stereocenters. The minimum atomic E-state index is -0.679. The number of carboxylic acids is 1. The van der Waals surface area contributed by atoms with Crippen molar-refractivity contribution in [3.05, 3.63) is 34.9 Å². The van der Waals surface area contributed by atoms with Crippen LogP contribution in [0, 0.1) is 5.92 Å². The predicted molar refractivity (Wildman–Crippen MR) is 76.3 cm³/mol. The van der Waals surface area contributed by atoms with Crippen LogP contribution < -0.4 is 0 Å². The minimum Gasteiger partial charge on any atom is -0.481 e. The number of carboxylic acid groups (broad SMARTS) is 1. The van der Waals surface area contributed by atoms with Crippen molar-refractivity contribution in [3.63, 3.8) is 0 Å². The highest BCUT2D eigenvalue weighted by Crippen LogP contribution is 2.23. The van der Waals surface area contributed by atoms with Crippen molar-refractivity contribution in [1.82, 2.24) is 4.90 Å². The number of aliphatic carboxylic acids is 1. The number of rotatable bonds is 5. The number of halogens is 1. The summed E-state index contributed by atoms with van der Waals surface area (Å²) in [6.45, 7) is 3.04. The molecule has 0 radical (unpaired) electrons. The monoisotopic (exact) mass is 281 g/mol. The maximum atomic E-state index is 10.6. The largest absolute Gasteiger partial charge is 0.481 e. The van der Waals surface area contributed by atoms with E-state index >= 15 is 0 Å². The molecule has 1 aliphatic rings. The van der Waals surface area contributed by atoms with Crippen molar-refractivity contribution in [3.8, 4) is 0 Å². The number of nitrogens with zero attached hydrogens (tertiary/aromatic N) is 1. The summed E-state index contributed by atoms with van der Waals surface area (Å²) in [6, 6.07) is 7.99. The summed E-state index contributed by atoms with van der Waals surface area (Å²) in [6.07, 6.45) is 3.33. The summed E-state index contributed by atoms with van der Waals surface area (Å²) in [4.78, 5) is 13.0. The summed E-state index contributed by atoms with van der Waals surface area (Å²) in [7, 11) is 0. The average Bonchev–Trinajstić information content (AvgIpc) is 2.38. The summed E-state index contributed by atoms with van der Waals surface area (Å²) in [5.74, 6) is -0.104. The second-order valence-electron chi connectivity index (χ2n) is 5.28. The van der Waals surface area contributed by atoms with Crippen LogP contribution in [0.3, 0.4) is 0 Å². The summed E-state index contributed by atoms with van der Waals surface area (Å²) in [5, 5.41) is 9.48. The first-order valence-corrected chi connectivity index (χ1v) is 7.20. The maximum absolute atomic E-state index is 10.6. The fraction of sp³-hybridized carbons (Fsp3) is 0.533. The first kappa shape index (κ1) is 14.4. The zero-order valence-corrected chi connectivity index (χ0v) is 11.8. The third kappa shape index (κ3) is 4.84. The predicted octanol–water partition coefficient (Wildman–Crippen LogP) is 3.42. The van der Waals surface area contributed by atoms with E-state index in [9.17, 15) is 4.79 Å². The molecule has 1 saturated heterocycles. The van der Waals surface area contributed by atoms with E-state index in [1.807, 2.05) is 18.2 Å². The Morgan fingerprint density at radius 2 is 2.11 bits per heavy atom. The Morgan fingerprint density at radius 3 is 2.74 bits per heavy atom. The van der Waals surface area contributed by atoms with Crippen molar-refractivity contribution in [1.29, 1.82) is 0 Å². The van der Waals surface area contributed by atoms with Crippen LogP contribution in [0.4, 0.5) is 0 Å². The quantitative estimate of drug-likeness (QED) is 0.899. The molecule has 0 spiro atoms. The number of benzene rings is 1. The molecule has 1 fully saturated rings. The normalized spacial score (nSPS) is 17.5. The van der Waals surface area contributed by atoms with E-state index in [2.05, 4.69) is 11.0 Å². The first-order valence-electron chi connectivity index (χ1n) is 6.82. The second-order valence-corrected chi connectivity index (χ2v) is 5.72. The zero-order valence-electron chi connectivity index (χ0n) is 11.0. The molecule has 3 nitrogen and oxygen atoms in total. The van der Waals surface area contributed by atoms with Gasteiger partial charge in [0.2, 0.25) is 0 Å². The number of hydrogen-bond acceptors (Lipinski definition) is 2. The Bertz CT molecular complexity index is 428. The molecular weight excluding hydrogens is 262 g/mol. The van der Waals surface area contributed by atoms with E-state index in [0.717, 1.165) is 43.9 Å². The molecule has 0 saturated carbocycles. The zero-order chi connectivity index (χ0) is 13.7. The topological polar surface area (TPSA) is 40.5 Å². The Morgan fingerprint density at radius 1 is 1.37 bits per heavy atom. The van der Waals surface area contributed by atoms with Gasteiger partial charge in [-0.3, -0.25) is 9.69 Å². The summed E-state index contributed by atoms with van der Waals surface area (Å²) >= 11 is 5.98. The van der Waals surface area contributed by atoms with Gasteiger partial charge in [-0.25, -0.2) is 0 Å². The number of hydrogen-bond donors (Lipinski definition) is 1. The Balaban J connectivity index is 1.75. The number of likely N-dealkylation sites (tertiary alicyclic amines) is 1. The summed E-state index contributed by atoms with van der Waals surface area (Å²) < 4.78 is 0. The van der Waals surface area contributed by atoms with E-state index in [0.29, 0.717) is 12.3 Å². The average molecular weight is 282 g/mol. The standard InChI is InChI=1S/C15H20ClNO2/c16-14-3-1-2-13(10-14)11-17-8-6-12(7-9-17)4-5-15(18)19/h1-3,10,12H,4-9,11H2,(H,18,19). The lowest BCUT2D eigenvalue weighted by molar-refractivity contribution is -0.137. The van der Waals surface area contributed by atoms with Crippen LogP contribution in [-0.4, -0.2) is 29.1 Å². The molecule has 1 aliphatic heterocycles. The fourth-order valence-electron chi connectivity index (χ4n) is 2.65. The lowest BCUT2D eigenvalue weighted by atomic mass is 9.92. The van der Waals surface area contributed by atoms with E-state index in [1.54, 1.807) is 0 Å². The molecule has 1 aromatic carbocycles. The van der Waals surface area contributed by atoms with Crippen molar-refractivity contribution < 1.29 is 9.90 Å². The molecule has 1 heterocycles. The molecule has 0 aliphatic carbocycles. The molecule has 19 heavy (non-hydrogen) atoms. The SMILES string of the molecule is O=C(O)CCC1CCN(Cc2cccc(Cl)c2)CC1. The summed E-state index contributed by atoms with van der Waals surface area (Å²) in [5.41, 5.74) is 1.25. The second kappa shape index (κ2) is 6.92. The van der Waals surface area contributed by atoms with Crippen LogP contribution >= 0.6 is 11.6 Å².